The van der Waals surface area contributed by atoms with Crippen LogP contribution in [0.15, 0.2) is 35.7 Å². The zero-order chi connectivity index (χ0) is 16.8. The third-order valence-corrected chi connectivity index (χ3v) is 5.41. The molecule has 2 aromatic rings. The maximum atomic E-state index is 9.46. The molecule has 0 unspecified atom stereocenters. The van der Waals surface area contributed by atoms with Gasteiger partial charge in [-0.05, 0) is 45.3 Å². The van der Waals surface area contributed by atoms with E-state index >= 15 is 0 Å². The van der Waals surface area contributed by atoms with Gasteiger partial charge in [0.2, 0.25) is 0 Å². The highest BCUT2D eigenvalue weighted by Crippen LogP contribution is 2.22. The van der Waals surface area contributed by atoms with Crippen LogP contribution in [0.4, 0.5) is 0 Å². The second-order valence-electron chi connectivity index (χ2n) is 6.72. The third kappa shape index (κ3) is 5.11. The zero-order valence-corrected chi connectivity index (χ0v) is 15.1. The predicted octanol–water partition coefficient (Wildman–Crippen LogP) is 2.99. The number of hydrogen-bond donors (Lipinski definition) is 2. The lowest BCUT2D eigenvalue weighted by Gasteiger charge is -2.32. The summed E-state index contributed by atoms with van der Waals surface area (Å²) in [7, 11) is 0. The van der Waals surface area contributed by atoms with Gasteiger partial charge < -0.3 is 15.3 Å². The number of aromatic nitrogens is 1. The van der Waals surface area contributed by atoms with Crippen LogP contribution in [0.25, 0.3) is 11.3 Å². The molecule has 24 heavy (non-hydrogen) atoms. The van der Waals surface area contributed by atoms with Gasteiger partial charge in [0.05, 0.1) is 11.8 Å². The molecule has 1 aliphatic rings. The SMILES string of the molecule is C[C@@H](O)CN1CCC(CNCc2nc(-c3ccccc3)cs2)CC1. The molecular formula is C19H27N3OS. The Hall–Kier alpha value is -1.27. The minimum absolute atomic E-state index is 0.219. The molecule has 0 spiro atoms. The third-order valence-electron chi connectivity index (χ3n) is 4.56. The summed E-state index contributed by atoms with van der Waals surface area (Å²) in [5, 5.41) is 16.3. The van der Waals surface area contributed by atoms with Crippen molar-refractivity contribution in [1.29, 1.82) is 0 Å². The van der Waals surface area contributed by atoms with E-state index in [0.29, 0.717) is 0 Å². The highest BCUT2D eigenvalue weighted by Gasteiger charge is 2.19. The molecule has 2 heterocycles. The standard InChI is InChI=1S/C19H27N3OS/c1-15(23)13-22-9-7-16(8-10-22)11-20-12-19-21-18(14-24-19)17-5-3-2-4-6-17/h2-6,14-16,20,23H,7-13H2,1H3/t15-/m1/s1. The van der Waals surface area contributed by atoms with E-state index < -0.39 is 0 Å². The largest absolute Gasteiger partial charge is 0.392 e. The minimum Gasteiger partial charge on any atom is -0.392 e. The van der Waals surface area contributed by atoms with Crippen molar-refractivity contribution in [1.82, 2.24) is 15.2 Å². The van der Waals surface area contributed by atoms with Crippen LogP contribution in [0.5, 0.6) is 0 Å². The Labute approximate surface area is 148 Å². The van der Waals surface area contributed by atoms with E-state index in [1.165, 1.54) is 18.4 Å². The van der Waals surface area contributed by atoms with Gasteiger partial charge in [-0.1, -0.05) is 30.3 Å². The van der Waals surface area contributed by atoms with Crippen molar-refractivity contribution in [3.05, 3.63) is 40.7 Å². The van der Waals surface area contributed by atoms with Gasteiger partial charge in [0.15, 0.2) is 0 Å². The first-order chi connectivity index (χ1) is 11.7. The van der Waals surface area contributed by atoms with Gasteiger partial charge >= 0.3 is 0 Å². The summed E-state index contributed by atoms with van der Waals surface area (Å²) in [5.41, 5.74) is 2.26. The van der Waals surface area contributed by atoms with Crippen molar-refractivity contribution in [2.24, 2.45) is 5.92 Å². The summed E-state index contributed by atoms with van der Waals surface area (Å²) in [6.45, 7) is 6.79. The molecule has 1 saturated heterocycles. The van der Waals surface area contributed by atoms with Gasteiger partial charge in [-0.2, -0.15) is 0 Å². The molecule has 0 saturated carbocycles. The summed E-state index contributed by atoms with van der Waals surface area (Å²) in [6.07, 6.45) is 2.21. The first-order valence-electron chi connectivity index (χ1n) is 8.81. The molecular weight excluding hydrogens is 318 g/mol. The van der Waals surface area contributed by atoms with Crippen LogP contribution in [0, 0.1) is 5.92 Å². The number of aliphatic hydroxyl groups excluding tert-OH is 1. The average molecular weight is 346 g/mol. The smallest absolute Gasteiger partial charge is 0.107 e. The molecule has 0 amide bonds. The van der Waals surface area contributed by atoms with E-state index in [9.17, 15) is 5.11 Å². The lowest BCUT2D eigenvalue weighted by molar-refractivity contribution is 0.0998. The molecule has 3 rings (SSSR count). The molecule has 1 aliphatic heterocycles. The maximum absolute atomic E-state index is 9.46. The van der Waals surface area contributed by atoms with Crippen LogP contribution in [0.2, 0.25) is 0 Å². The Morgan fingerprint density at radius 1 is 1.29 bits per heavy atom. The topological polar surface area (TPSA) is 48.4 Å². The van der Waals surface area contributed by atoms with E-state index in [1.54, 1.807) is 11.3 Å². The van der Waals surface area contributed by atoms with Crippen molar-refractivity contribution in [2.75, 3.05) is 26.2 Å². The number of rotatable bonds is 7. The van der Waals surface area contributed by atoms with Gasteiger partial charge in [0.25, 0.3) is 0 Å². The van der Waals surface area contributed by atoms with Gasteiger partial charge in [-0.3, -0.25) is 0 Å². The summed E-state index contributed by atoms with van der Waals surface area (Å²) in [4.78, 5) is 7.10. The Morgan fingerprint density at radius 2 is 2.04 bits per heavy atom. The fourth-order valence-electron chi connectivity index (χ4n) is 3.26. The van der Waals surface area contributed by atoms with E-state index in [-0.39, 0.29) is 6.10 Å². The number of thiazole rings is 1. The highest BCUT2D eigenvalue weighted by molar-refractivity contribution is 7.09. The summed E-state index contributed by atoms with van der Waals surface area (Å²) in [5.74, 6) is 0.740. The van der Waals surface area contributed by atoms with E-state index in [1.807, 2.05) is 13.0 Å². The number of β-amino-alcohol motifs (C(OH)–C–C–N with tert-alkyl or cyclic N) is 1. The van der Waals surface area contributed by atoms with Gasteiger partial charge in [-0.15, -0.1) is 11.3 Å². The average Bonchev–Trinajstić information content (AvgIpc) is 3.06. The zero-order valence-electron chi connectivity index (χ0n) is 14.3. The molecule has 0 aliphatic carbocycles. The Bertz CT molecular complexity index is 606. The summed E-state index contributed by atoms with van der Waals surface area (Å²) < 4.78 is 0. The van der Waals surface area contributed by atoms with Crippen molar-refractivity contribution in [3.63, 3.8) is 0 Å². The Balaban J connectivity index is 1.39. The molecule has 1 fully saturated rings. The number of piperidine rings is 1. The van der Waals surface area contributed by atoms with Crippen molar-refractivity contribution < 1.29 is 5.11 Å². The number of benzene rings is 1. The van der Waals surface area contributed by atoms with Crippen molar-refractivity contribution in [2.45, 2.75) is 32.4 Å². The van der Waals surface area contributed by atoms with E-state index in [4.69, 9.17) is 4.98 Å². The second-order valence-corrected chi connectivity index (χ2v) is 7.66. The van der Waals surface area contributed by atoms with E-state index in [2.05, 4.69) is 39.9 Å². The summed E-state index contributed by atoms with van der Waals surface area (Å²) >= 11 is 1.73. The van der Waals surface area contributed by atoms with Crippen LogP contribution < -0.4 is 5.32 Å². The molecule has 0 radical (unpaired) electrons. The maximum Gasteiger partial charge on any atom is 0.107 e. The first-order valence-corrected chi connectivity index (χ1v) is 9.69. The normalized spacial score (nSPS) is 17.9. The molecule has 130 valence electrons. The minimum atomic E-state index is -0.219. The van der Waals surface area contributed by atoms with Crippen LogP contribution >= 0.6 is 11.3 Å². The number of nitrogens with zero attached hydrogens (tertiary/aromatic N) is 2. The van der Waals surface area contributed by atoms with Crippen molar-refractivity contribution in [3.8, 4) is 11.3 Å². The van der Waals surface area contributed by atoms with Gasteiger partial charge in [0.1, 0.15) is 5.01 Å². The number of likely N-dealkylation sites (tertiary alicyclic amines) is 1. The van der Waals surface area contributed by atoms with Gasteiger partial charge in [0, 0.05) is 24.0 Å². The fraction of sp³-hybridized carbons (Fsp3) is 0.526. The van der Waals surface area contributed by atoms with Crippen LogP contribution in [-0.2, 0) is 6.54 Å². The lowest BCUT2D eigenvalue weighted by atomic mass is 9.96. The van der Waals surface area contributed by atoms with E-state index in [0.717, 1.165) is 49.3 Å². The van der Waals surface area contributed by atoms with Crippen molar-refractivity contribution >= 4 is 11.3 Å². The Morgan fingerprint density at radius 3 is 2.75 bits per heavy atom. The number of aliphatic hydroxyl groups is 1. The highest BCUT2D eigenvalue weighted by atomic mass is 32.1. The fourth-order valence-corrected chi connectivity index (χ4v) is 4.04. The summed E-state index contributed by atoms with van der Waals surface area (Å²) in [6, 6.07) is 10.3. The number of nitrogens with one attached hydrogen (secondary N) is 1. The second kappa shape index (κ2) is 8.72. The molecule has 1 atom stereocenters. The molecule has 1 aromatic carbocycles. The Kier molecular flexibility index (Phi) is 6.37. The molecule has 1 aromatic heterocycles. The number of hydrogen-bond acceptors (Lipinski definition) is 5. The quantitative estimate of drug-likeness (QED) is 0.810. The van der Waals surface area contributed by atoms with Crippen LogP contribution in [0.3, 0.4) is 0 Å². The molecule has 0 bridgehead atoms. The van der Waals surface area contributed by atoms with Crippen LogP contribution in [0.1, 0.15) is 24.8 Å². The van der Waals surface area contributed by atoms with Gasteiger partial charge in [-0.25, -0.2) is 4.98 Å². The predicted molar refractivity (Wildman–Crippen MR) is 100 cm³/mol. The van der Waals surface area contributed by atoms with Crippen LogP contribution in [-0.4, -0.2) is 47.3 Å². The lowest BCUT2D eigenvalue weighted by Crippen LogP contribution is -2.40. The monoisotopic (exact) mass is 345 g/mol. The molecule has 5 heteroatoms. The molecule has 2 N–H and O–H groups in total. The first kappa shape index (κ1) is 17.5. The molecule has 4 nitrogen and oxygen atoms in total.